The van der Waals surface area contributed by atoms with Crippen molar-refractivity contribution in [3.63, 3.8) is 0 Å². The predicted octanol–water partition coefficient (Wildman–Crippen LogP) is 0.644. The van der Waals surface area contributed by atoms with E-state index < -0.39 is 0 Å². The Labute approximate surface area is 115 Å². The van der Waals surface area contributed by atoms with Gasteiger partial charge in [0, 0.05) is 18.6 Å². The second-order valence-electron chi connectivity index (χ2n) is 5.72. The molecular formula is C14H25N3O2. The van der Waals surface area contributed by atoms with E-state index in [2.05, 4.69) is 24.5 Å². The van der Waals surface area contributed by atoms with Crippen LogP contribution in [-0.2, 0) is 9.59 Å². The van der Waals surface area contributed by atoms with Gasteiger partial charge in [0.2, 0.25) is 11.8 Å². The van der Waals surface area contributed by atoms with Crippen molar-refractivity contribution >= 4 is 11.8 Å². The molecule has 2 aliphatic rings. The van der Waals surface area contributed by atoms with Crippen molar-refractivity contribution in [1.82, 2.24) is 15.5 Å². The maximum Gasteiger partial charge on any atom is 0.243 e. The molecule has 0 aromatic rings. The molecule has 0 aromatic carbocycles. The second-order valence-corrected chi connectivity index (χ2v) is 5.72. The van der Waals surface area contributed by atoms with Crippen molar-refractivity contribution in [2.45, 2.75) is 64.1 Å². The summed E-state index contributed by atoms with van der Waals surface area (Å²) in [6, 6.07) is 0.459. The molecule has 1 heterocycles. The Kier molecular flexibility index (Phi) is 4.80. The van der Waals surface area contributed by atoms with Gasteiger partial charge in [-0.05, 0) is 39.0 Å². The summed E-state index contributed by atoms with van der Waals surface area (Å²) in [5.74, 6) is 0.0886. The SMILES string of the molecule is CCC(C)NCC(=O)N1CCCC1C(=O)NC1CC1. The third-order valence-corrected chi connectivity index (χ3v) is 4.01. The highest BCUT2D eigenvalue weighted by molar-refractivity contribution is 5.89. The molecule has 1 saturated heterocycles. The topological polar surface area (TPSA) is 61.4 Å². The number of likely N-dealkylation sites (tertiary alicyclic amines) is 1. The molecule has 2 rings (SSSR count). The van der Waals surface area contributed by atoms with E-state index >= 15 is 0 Å². The molecule has 2 fully saturated rings. The smallest absolute Gasteiger partial charge is 0.243 e. The van der Waals surface area contributed by atoms with Gasteiger partial charge in [-0.25, -0.2) is 0 Å². The summed E-state index contributed by atoms with van der Waals surface area (Å²) in [6.45, 7) is 5.20. The molecule has 1 aliphatic heterocycles. The molecule has 5 heteroatoms. The van der Waals surface area contributed by atoms with E-state index in [9.17, 15) is 9.59 Å². The van der Waals surface area contributed by atoms with E-state index in [1.54, 1.807) is 4.90 Å². The van der Waals surface area contributed by atoms with E-state index in [4.69, 9.17) is 0 Å². The van der Waals surface area contributed by atoms with Crippen LogP contribution in [-0.4, -0.2) is 47.9 Å². The van der Waals surface area contributed by atoms with Gasteiger partial charge in [0.1, 0.15) is 6.04 Å². The lowest BCUT2D eigenvalue weighted by Crippen LogP contribution is -2.49. The van der Waals surface area contributed by atoms with Gasteiger partial charge in [0.25, 0.3) is 0 Å². The maximum absolute atomic E-state index is 12.2. The highest BCUT2D eigenvalue weighted by Gasteiger charge is 2.36. The van der Waals surface area contributed by atoms with Crippen LogP contribution >= 0.6 is 0 Å². The molecule has 0 bridgehead atoms. The van der Waals surface area contributed by atoms with Gasteiger partial charge < -0.3 is 15.5 Å². The molecule has 2 amide bonds. The summed E-state index contributed by atoms with van der Waals surface area (Å²) in [4.78, 5) is 26.0. The lowest BCUT2D eigenvalue weighted by atomic mass is 10.2. The van der Waals surface area contributed by atoms with Crippen molar-refractivity contribution in [1.29, 1.82) is 0 Å². The van der Waals surface area contributed by atoms with Gasteiger partial charge in [-0.1, -0.05) is 6.92 Å². The zero-order valence-corrected chi connectivity index (χ0v) is 11.9. The van der Waals surface area contributed by atoms with E-state index in [-0.39, 0.29) is 17.9 Å². The average molecular weight is 267 g/mol. The van der Waals surface area contributed by atoms with Gasteiger partial charge in [-0.2, -0.15) is 0 Å². The minimum absolute atomic E-state index is 0.0388. The van der Waals surface area contributed by atoms with Crippen molar-refractivity contribution < 1.29 is 9.59 Å². The normalized spacial score (nSPS) is 24.3. The van der Waals surface area contributed by atoms with Crippen molar-refractivity contribution in [3.8, 4) is 0 Å². The largest absolute Gasteiger partial charge is 0.352 e. The summed E-state index contributed by atoms with van der Waals surface area (Å²) in [6.07, 6.45) is 4.90. The van der Waals surface area contributed by atoms with Crippen LogP contribution in [0.15, 0.2) is 0 Å². The van der Waals surface area contributed by atoms with E-state index in [0.717, 1.165) is 32.1 Å². The maximum atomic E-state index is 12.2. The summed E-state index contributed by atoms with van der Waals surface area (Å²) >= 11 is 0. The first kappa shape index (κ1) is 14.3. The highest BCUT2D eigenvalue weighted by atomic mass is 16.2. The molecule has 19 heavy (non-hydrogen) atoms. The molecule has 0 spiro atoms. The van der Waals surface area contributed by atoms with Crippen molar-refractivity contribution in [2.75, 3.05) is 13.1 Å². The summed E-state index contributed by atoms with van der Waals surface area (Å²) in [5, 5.41) is 6.20. The summed E-state index contributed by atoms with van der Waals surface area (Å²) < 4.78 is 0. The van der Waals surface area contributed by atoms with Gasteiger partial charge in [-0.3, -0.25) is 9.59 Å². The third kappa shape index (κ3) is 3.93. The minimum Gasteiger partial charge on any atom is -0.352 e. The first-order valence-electron chi connectivity index (χ1n) is 7.45. The fourth-order valence-electron chi connectivity index (χ4n) is 2.37. The lowest BCUT2D eigenvalue weighted by molar-refractivity contribution is -0.137. The van der Waals surface area contributed by atoms with Crippen LogP contribution in [0.3, 0.4) is 0 Å². The molecule has 0 radical (unpaired) electrons. The zero-order valence-electron chi connectivity index (χ0n) is 11.9. The molecule has 5 nitrogen and oxygen atoms in total. The standard InChI is InChI=1S/C14H25N3O2/c1-3-10(2)15-9-13(18)17-8-4-5-12(17)14(19)16-11-6-7-11/h10-12,15H,3-9H2,1-2H3,(H,16,19). The molecule has 2 atom stereocenters. The zero-order chi connectivity index (χ0) is 13.8. The Hall–Kier alpha value is -1.10. The number of amides is 2. The van der Waals surface area contributed by atoms with E-state index in [1.807, 2.05) is 0 Å². The van der Waals surface area contributed by atoms with Crippen molar-refractivity contribution in [3.05, 3.63) is 0 Å². The number of carbonyl (C=O) groups excluding carboxylic acids is 2. The fraction of sp³-hybridized carbons (Fsp3) is 0.857. The number of hydrogen-bond acceptors (Lipinski definition) is 3. The number of hydrogen-bond donors (Lipinski definition) is 2. The summed E-state index contributed by atoms with van der Waals surface area (Å²) in [5.41, 5.74) is 0. The van der Waals surface area contributed by atoms with Gasteiger partial charge >= 0.3 is 0 Å². The van der Waals surface area contributed by atoms with Crippen LogP contribution in [0, 0.1) is 0 Å². The van der Waals surface area contributed by atoms with Crippen LogP contribution in [0.2, 0.25) is 0 Å². The van der Waals surface area contributed by atoms with Crippen LogP contribution < -0.4 is 10.6 Å². The average Bonchev–Trinajstić information content (AvgIpc) is 3.08. The second kappa shape index (κ2) is 6.37. The number of nitrogens with zero attached hydrogens (tertiary/aromatic N) is 1. The Morgan fingerprint density at radius 3 is 2.68 bits per heavy atom. The fourth-order valence-corrected chi connectivity index (χ4v) is 2.37. The predicted molar refractivity (Wildman–Crippen MR) is 73.7 cm³/mol. The number of nitrogens with one attached hydrogen (secondary N) is 2. The Balaban J connectivity index is 1.82. The Morgan fingerprint density at radius 1 is 1.32 bits per heavy atom. The Bertz CT molecular complexity index is 342. The quantitative estimate of drug-likeness (QED) is 0.742. The first-order valence-corrected chi connectivity index (χ1v) is 7.45. The van der Waals surface area contributed by atoms with Crippen molar-refractivity contribution in [2.24, 2.45) is 0 Å². The van der Waals surface area contributed by atoms with E-state index in [0.29, 0.717) is 25.2 Å². The minimum atomic E-state index is -0.244. The van der Waals surface area contributed by atoms with Gasteiger partial charge in [-0.15, -0.1) is 0 Å². The molecule has 2 N–H and O–H groups in total. The lowest BCUT2D eigenvalue weighted by Gasteiger charge is -2.25. The van der Waals surface area contributed by atoms with Crippen LogP contribution in [0.1, 0.15) is 46.0 Å². The summed E-state index contributed by atoms with van der Waals surface area (Å²) in [7, 11) is 0. The monoisotopic (exact) mass is 267 g/mol. The molecular weight excluding hydrogens is 242 g/mol. The highest BCUT2D eigenvalue weighted by Crippen LogP contribution is 2.22. The Morgan fingerprint density at radius 2 is 2.05 bits per heavy atom. The van der Waals surface area contributed by atoms with Crippen LogP contribution in [0.4, 0.5) is 0 Å². The number of carbonyl (C=O) groups is 2. The molecule has 108 valence electrons. The molecule has 2 unspecified atom stereocenters. The van der Waals surface area contributed by atoms with Gasteiger partial charge in [0.15, 0.2) is 0 Å². The van der Waals surface area contributed by atoms with E-state index in [1.165, 1.54) is 0 Å². The molecule has 1 aliphatic carbocycles. The van der Waals surface area contributed by atoms with Gasteiger partial charge in [0.05, 0.1) is 6.54 Å². The number of rotatable bonds is 6. The molecule has 1 saturated carbocycles. The molecule has 0 aromatic heterocycles. The van der Waals surface area contributed by atoms with Crippen LogP contribution in [0.25, 0.3) is 0 Å². The first-order chi connectivity index (χ1) is 9.11. The van der Waals surface area contributed by atoms with Crippen LogP contribution in [0.5, 0.6) is 0 Å². The third-order valence-electron chi connectivity index (χ3n) is 4.01.